The summed E-state index contributed by atoms with van der Waals surface area (Å²) in [6, 6.07) is -1.95. The van der Waals surface area contributed by atoms with Crippen LogP contribution in [0.4, 0.5) is 0 Å². The van der Waals surface area contributed by atoms with Crippen molar-refractivity contribution in [1.29, 1.82) is 0 Å². The van der Waals surface area contributed by atoms with E-state index < -0.39 is 42.3 Å². The molecule has 1 heterocycles. The van der Waals surface area contributed by atoms with Gasteiger partial charge in [0.25, 0.3) is 0 Å². The van der Waals surface area contributed by atoms with Gasteiger partial charge in [0.1, 0.15) is 18.6 Å². The number of carboxylic acids is 1. The number of aromatic nitrogens is 2. The van der Waals surface area contributed by atoms with Crippen molar-refractivity contribution in [3.05, 3.63) is 18.2 Å². The predicted molar refractivity (Wildman–Crippen MR) is 98.8 cm³/mol. The number of nitrogens with one attached hydrogen (secondary N) is 4. The van der Waals surface area contributed by atoms with E-state index in [1.807, 2.05) is 0 Å². The van der Waals surface area contributed by atoms with E-state index >= 15 is 0 Å². The number of nitrogens with two attached hydrogens (primary N) is 2. The smallest absolute Gasteiger partial charge is 0.322 e. The lowest BCUT2D eigenvalue weighted by Gasteiger charge is -2.22. The number of nitrogens with zero attached hydrogens (tertiary/aromatic N) is 1. The highest BCUT2D eigenvalue weighted by Crippen LogP contribution is 2.04. The summed E-state index contributed by atoms with van der Waals surface area (Å²) >= 11 is 0. The normalized spacial score (nSPS) is 12.6. The maximum atomic E-state index is 12.7. The molecule has 1 aromatic rings. The first-order chi connectivity index (χ1) is 13.4. The third-order valence-corrected chi connectivity index (χ3v) is 3.81. The zero-order valence-electron chi connectivity index (χ0n) is 15.4. The Hall–Kier alpha value is -2.99. The molecule has 1 rings (SSSR count). The molecule has 0 aromatic carbocycles. The van der Waals surface area contributed by atoms with Gasteiger partial charge in [-0.1, -0.05) is 0 Å². The van der Waals surface area contributed by atoms with Crippen molar-refractivity contribution < 1.29 is 24.3 Å². The molecule has 0 saturated carbocycles. The summed E-state index contributed by atoms with van der Waals surface area (Å²) in [6.45, 7) is -0.443. The Bertz CT molecular complexity index is 650. The minimum Gasteiger partial charge on any atom is -0.480 e. The lowest BCUT2D eigenvalue weighted by atomic mass is 10.1. The minimum absolute atomic E-state index is 0.115. The maximum Gasteiger partial charge on any atom is 0.322 e. The van der Waals surface area contributed by atoms with E-state index in [4.69, 9.17) is 16.6 Å². The molecular weight excluding hydrogens is 370 g/mol. The molecule has 28 heavy (non-hydrogen) atoms. The number of H-pyrrole nitrogens is 1. The van der Waals surface area contributed by atoms with Gasteiger partial charge in [0, 0.05) is 18.3 Å². The second kappa shape index (κ2) is 12.4. The number of hydrogen-bond acceptors (Lipinski definition) is 7. The van der Waals surface area contributed by atoms with Crippen LogP contribution < -0.4 is 27.4 Å². The van der Waals surface area contributed by atoms with Crippen LogP contribution in [0.1, 0.15) is 25.0 Å². The van der Waals surface area contributed by atoms with Gasteiger partial charge in [0.2, 0.25) is 17.7 Å². The zero-order chi connectivity index (χ0) is 20.9. The van der Waals surface area contributed by atoms with Crippen molar-refractivity contribution in [2.45, 2.75) is 37.8 Å². The average Bonchev–Trinajstić information content (AvgIpc) is 3.17. The Morgan fingerprint density at radius 3 is 2.43 bits per heavy atom. The summed E-state index contributed by atoms with van der Waals surface area (Å²) in [4.78, 5) is 54.0. The second-order valence-corrected chi connectivity index (χ2v) is 6.06. The number of hydrogen-bond donors (Lipinski definition) is 7. The molecule has 0 aliphatic carbocycles. The van der Waals surface area contributed by atoms with Crippen molar-refractivity contribution in [1.82, 2.24) is 25.9 Å². The average molecular weight is 397 g/mol. The van der Waals surface area contributed by atoms with Gasteiger partial charge >= 0.3 is 5.97 Å². The van der Waals surface area contributed by atoms with Crippen LogP contribution in [-0.4, -0.2) is 70.5 Å². The largest absolute Gasteiger partial charge is 0.480 e. The Kier molecular flexibility index (Phi) is 10.2. The predicted octanol–water partition coefficient (Wildman–Crippen LogP) is -2.79. The van der Waals surface area contributed by atoms with E-state index in [0.717, 1.165) is 0 Å². The van der Waals surface area contributed by atoms with Gasteiger partial charge in [-0.2, -0.15) is 0 Å². The number of rotatable bonds is 13. The number of carbonyl (C=O) groups excluding carboxylic acids is 3. The first kappa shape index (κ1) is 23.0. The van der Waals surface area contributed by atoms with Crippen molar-refractivity contribution in [2.75, 3.05) is 19.6 Å². The van der Waals surface area contributed by atoms with E-state index in [2.05, 4.69) is 25.9 Å². The lowest BCUT2D eigenvalue weighted by molar-refractivity contribution is -0.138. The summed E-state index contributed by atoms with van der Waals surface area (Å²) < 4.78 is 0. The van der Waals surface area contributed by atoms with E-state index in [9.17, 15) is 19.2 Å². The van der Waals surface area contributed by atoms with Gasteiger partial charge in [-0.3, -0.25) is 19.2 Å². The molecule has 0 aliphatic rings. The van der Waals surface area contributed by atoms with Crippen LogP contribution in [0.15, 0.2) is 12.5 Å². The third kappa shape index (κ3) is 8.60. The van der Waals surface area contributed by atoms with Crippen LogP contribution in [0.3, 0.4) is 0 Å². The van der Waals surface area contributed by atoms with E-state index in [1.165, 1.54) is 12.5 Å². The van der Waals surface area contributed by atoms with Crippen LogP contribution in [0.5, 0.6) is 0 Å². The molecular formula is C16H27N7O5. The highest BCUT2D eigenvalue weighted by Gasteiger charge is 2.27. The van der Waals surface area contributed by atoms with E-state index in [-0.39, 0.29) is 19.4 Å². The number of amides is 3. The molecule has 12 nitrogen and oxygen atoms in total. The van der Waals surface area contributed by atoms with E-state index in [0.29, 0.717) is 25.1 Å². The number of aliphatic carboxylic acids is 1. The molecule has 0 aliphatic heterocycles. The number of aromatic amines is 1. The molecule has 0 fully saturated rings. The molecule has 0 bridgehead atoms. The maximum absolute atomic E-state index is 12.7. The van der Waals surface area contributed by atoms with Crippen molar-refractivity contribution in [2.24, 2.45) is 11.5 Å². The van der Waals surface area contributed by atoms with Crippen molar-refractivity contribution >= 4 is 23.7 Å². The van der Waals surface area contributed by atoms with Crippen molar-refractivity contribution in [3.8, 4) is 0 Å². The van der Waals surface area contributed by atoms with Gasteiger partial charge in [0.05, 0.1) is 12.9 Å². The quantitative estimate of drug-likeness (QED) is 0.173. The fraction of sp³-hybridized carbons (Fsp3) is 0.562. The topological polar surface area (TPSA) is 205 Å². The minimum atomic E-state index is -1.20. The van der Waals surface area contributed by atoms with Crippen molar-refractivity contribution in [3.63, 3.8) is 0 Å². The fourth-order valence-electron chi connectivity index (χ4n) is 2.40. The molecule has 0 unspecified atom stereocenters. The highest BCUT2D eigenvalue weighted by atomic mass is 16.4. The monoisotopic (exact) mass is 397 g/mol. The Morgan fingerprint density at radius 1 is 1.11 bits per heavy atom. The summed E-state index contributed by atoms with van der Waals surface area (Å²) in [5.74, 6) is -2.96. The first-order valence-electron chi connectivity index (χ1n) is 8.84. The standard InChI is InChI=1S/C16H27N7O5/c17-4-2-1-3-11(15(27)20-8-14(25)26)23-16(28)12(22-13(24)6-18)5-10-7-19-9-21-10/h7,9,11-12H,1-6,8,17-18H2,(H,19,21)(H,20,27)(H,22,24)(H,23,28)(H,25,26)/t11-,12-/m0/s1. The van der Waals surface area contributed by atoms with Gasteiger partial charge < -0.3 is 37.5 Å². The highest BCUT2D eigenvalue weighted by molar-refractivity contribution is 5.93. The molecule has 3 amide bonds. The molecule has 9 N–H and O–H groups in total. The molecule has 0 saturated heterocycles. The van der Waals surface area contributed by atoms with Gasteiger partial charge in [-0.05, 0) is 25.8 Å². The Balaban J connectivity index is 2.83. The van der Waals surface area contributed by atoms with Gasteiger partial charge in [-0.25, -0.2) is 4.98 Å². The number of carbonyl (C=O) groups is 4. The second-order valence-electron chi connectivity index (χ2n) is 6.06. The summed E-state index contributed by atoms with van der Waals surface area (Å²) in [7, 11) is 0. The van der Waals surface area contributed by atoms with Crippen LogP contribution >= 0.6 is 0 Å². The molecule has 1 aromatic heterocycles. The number of carboxylic acid groups (broad SMARTS) is 1. The molecule has 156 valence electrons. The number of imidazole rings is 1. The summed E-state index contributed by atoms with van der Waals surface area (Å²) in [5.41, 5.74) is 11.4. The van der Waals surface area contributed by atoms with Gasteiger partial charge in [-0.15, -0.1) is 0 Å². The third-order valence-electron chi connectivity index (χ3n) is 3.81. The Labute approximate surface area is 161 Å². The van der Waals surface area contributed by atoms with Crippen LogP contribution in [-0.2, 0) is 25.6 Å². The Morgan fingerprint density at radius 2 is 1.86 bits per heavy atom. The fourth-order valence-corrected chi connectivity index (χ4v) is 2.40. The SMILES string of the molecule is NCCCC[C@H](NC(=O)[C@H](Cc1cnc[nH]1)NC(=O)CN)C(=O)NCC(=O)O. The molecule has 2 atom stereocenters. The molecule has 12 heteroatoms. The zero-order valence-corrected chi connectivity index (χ0v) is 15.4. The lowest BCUT2D eigenvalue weighted by Crippen LogP contribution is -2.55. The van der Waals surface area contributed by atoms with Crippen LogP contribution in [0, 0.1) is 0 Å². The molecule has 0 radical (unpaired) electrons. The van der Waals surface area contributed by atoms with Crippen LogP contribution in [0.2, 0.25) is 0 Å². The van der Waals surface area contributed by atoms with E-state index in [1.54, 1.807) is 0 Å². The number of unbranched alkanes of at least 4 members (excludes halogenated alkanes) is 1. The summed E-state index contributed by atoms with van der Waals surface area (Å²) in [6.07, 6.45) is 4.53. The van der Waals surface area contributed by atoms with Crippen LogP contribution in [0.25, 0.3) is 0 Å². The van der Waals surface area contributed by atoms with Gasteiger partial charge in [0.15, 0.2) is 0 Å². The first-order valence-corrected chi connectivity index (χ1v) is 8.84. The summed E-state index contributed by atoms with van der Waals surface area (Å²) in [5, 5.41) is 16.0. The molecule has 0 spiro atoms.